The van der Waals surface area contributed by atoms with Crippen molar-refractivity contribution in [3.05, 3.63) is 23.8 Å². The number of rotatable bonds is 7. The van der Waals surface area contributed by atoms with Crippen molar-refractivity contribution in [2.75, 3.05) is 26.8 Å². The summed E-state index contributed by atoms with van der Waals surface area (Å²) in [6, 6.07) is 5.55. The van der Waals surface area contributed by atoms with Crippen molar-refractivity contribution < 1.29 is 14.3 Å². The van der Waals surface area contributed by atoms with Gasteiger partial charge in [-0.2, -0.15) is 0 Å². The van der Waals surface area contributed by atoms with E-state index in [9.17, 15) is 4.79 Å². The van der Waals surface area contributed by atoms with Gasteiger partial charge in [-0.25, -0.2) is 0 Å². The molecule has 1 heterocycles. The molecule has 0 spiro atoms. The number of hydrogen-bond donors (Lipinski definition) is 2. The molecular formula is C18H28N2O3. The fourth-order valence-corrected chi connectivity index (χ4v) is 2.58. The summed E-state index contributed by atoms with van der Waals surface area (Å²) < 4.78 is 11.1. The van der Waals surface area contributed by atoms with E-state index in [0.29, 0.717) is 29.6 Å². The molecule has 1 fully saturated rings. The lowest BCUT2D eigenvalue weighted by atomic mass is 10.1. The Hall–Kier alpha value is -1.75. The van der Waals surface area contributed by atoms with Gasteiger partial charge in [0.15, 0.2) is 11.5 Å². The predicted octanol–water partition coefficient (Wildman–Crippen LogP) is 2.60. The zero-order chi connectivity index (χ0) is 16.7. The van der Waals surface area contributed by atoms with Crippen LogP contribution in [0.2, 0.25) is 0 Å². The van der Waals surface area contributed by atoms with E-state index >= 15 is 0 Å². The number of nitrogens with one attached hydrogen (secondary N) is 2. The number of hydrogen-bond acceptors (Lipinski definition) is 4. The maximum Gasteiger partial charge on any atom is 0.251 e. The van der Waals surface area contributed by atoms with Gasteiger partial charge in [-0.05, 0) is 49.9 Å². The van der Waals surface area contributed by atoms with E-state index in [0.717, 1.165) is 32.4 Å². The third-order valence-electron chi connectivity index (χ3n) is 4.01. The lowest BCUT2D eigenvalue weighted by Crippen LogP contribution is -2.45. The van der Waals surface area contributed by atoms with Gasteiger partial charge in [0.2, 0.25) is 0 Å². The lowest BCUT2D eigenvalue weighted by Gasteiger charge is -2.24. The molecule has 2 N–H and O–H groups in total. The molecule has 0 aromatic heterocycles. The molecule has 0 saturated carbocycles. The molecule has 0 aliphatic carbocycles. The summed E-state index contributed by atoms with van der Waals surface area (Å²) >= 11 is 0. The van der Waals surface area contributed by atoms with Crippen LogP contribution in [0.1, 0.15) is 43.5 Å². The van der Waals surface area contributed by atoms with Gasteiger partial charge in [-0.3, -0.25) is 4.79 Å². The summed E-state index contributed by atoms with van der Waals surface area (Å²) in [5.41, 5.74) is 0.601. The SMILES string of the molecule is COc1cc(C(=O)NC2CCCNC2)ccc1OCCC(C)C. The standard InChI is InChI=1S/C18H28N2O3/c1-13(2)8-10-23-16-7-6-14(11-17(16)22-3)18(21)20-15-5-4-9-19-12-15/h6-7,11,13,15,19H,4-5,8-10,12H2,1-3H3,(H,20,21). The Morgan fingerprint density at radius 2 is 2.22 bits per heavy atom. The number of ether oxygens (including phenoxy) is 2. The van der Waals surface area contributed by atoms with Crippen molar-refractivity contribution in [2.45, 2.75) is 39.2 Å². The summed E-state index contributed by atoms with van der Waals surface area (Å²) in [6.45, 7) is 6.83. The highest BCUT2D eigenvalue weighted by atomic mass is 16.5. The molecule has 5 heteroatoms. The predicted molar refractivity (Wildman–Crippen MR) is 91.3 cm³/mol. The minimum absolute atomic E-state index is 0.0641. The summed E-state index contributed by atoms with van der Waals surface area (Å²) in [5, 5.41) is 6.36. The van der Waals surface area contributed by atoms with E-state index in [4.69, 9.17) is 9.47 Å². The molecule has 5 nitrogen and oxygen atoms in total. The van der Waals surface area contributed by atoms with Crippen molar-refractivity contribution in [3.8, 4) is 11.5 Å². The Balaban J connectivity index is 1.97. The second-order valence-corrected chi connectivity index (χ2v) is 6.41. The number of amides is 1. The van der Waals surface area contributed by atoms with Crippen LogP contribution in [0.15, 0.2) is 18.2 Å². The number of methoxy groups -OCH3 is 1. The zero-order valence-electron chi connectivity index (χ0n) is 14.4. The molecule has 2 rings (SSSR count). The van der Waals surface area contributed by atoms with Crippen molar-refractivity contribution in [2.24, 2.45) is 5.92 Å². The van der Waals surface area contributed by atoms with Crippen LogP contribution in [0.5, 0.6) is 11.5 Å². The topological polar surface area (TPSA) is 59.6 Å². The summed E-state index contributed by atoms with van der Waals surface area (Å²) in [4.78, 5) is 12.4. The van der Waals surface area contributed by atoms with Crippen LogP contribution >= 0.6 is 0 Å². The maximum atomic E-state index is 12.4. The molecule has 1 unspecified atom stereocenters. The normalized spacial score (nSPS) is 17.8. The fourth-order valence-electron chi connectivity index (χ4n) is 2.58. The molecule has 0 radical (unpaired) electrons. The van der Waals surface area contributed by atoms with Gasteiger partial charge in [0.25, 0.3) is 5.91 Å². The van der Waals surface area contributed by atoms with Gasteiger partial charge in [0.1, 0.15) is 0 Å². The van der Waals surface area contributed by atoms with E-state index in [2.05, 4.69) is 24.5 Å². The zero-order valence-corrected chi connectivity index (χ0v) is 14.4. The molecule has 1 amide bonds. The highest BCUT2D eigenvalue weighted by Gasteiger charge is 2.17. The van der Waals surface area contributed by atoms with Crippen LogP contribution in [0.25, 0.3) is 0 Å². The first-order valence-corrected chi connectivity index (χ1v) is 8.42. The van der Waals surface area contributed by atoms with Crippen LogP contribution in [-0.4, -0.2) is 38.8 Å². The Kier molecular flexibility index (Phi) is 6.71. The van der Waals surface area contributed by atoms with Crippen molar-refractivity contribution >= 4 is 5.91 Å². The lowest BCUT2D eigenvalue weighted by molar-refractivity contribution is 0.0930. The second-order valence-electron chi connectivity index (χ2n) is 6.41. The van der Waals surface area contributed by atoms with Crippen molar-refractivity contribution in [3.63, 3.8) is 0 Å². The van der Waals surface area contributed by atoms with E-state index in [1.54, 1.807) is 19.2 Å². The molecule has 23 heavy (non-hydrogen) atoms. The third-order valence-corrected chi connectivity index (χ3v) is 4.01. The number of benzene rings is 1. The Morgan fingerprint density at radius 1 is 1.39 bits per heavy atom. The summed E-state index contributed by atoms with van der Waals surface area (Å²) in [7, 11) is 1.59. The average molecular weight is 320 g/mol. The summed E-state index contributed by atoms with van der Waals surface area (Å²) in [6.07, 6.45) is 3.10. The number of piperidine rings is 1. The van der Waals surface area contributed by atoms with E-state index in [-0.39, 0.29) is 11.9 Å². The first-order valence-electron chi connectivity index (χ1n) is 8.42. The van der Waals surface area contributed by atoms with Crippen LogP contribution in [0.3, 0.4) is 0 Å². The Morgan fingerprint density at radius 3 is 2.87 bits per heavy atom. The molecule has 1 aromatic rings. The maximum absolute atomic E-state index is 12.4. The summed E-state index contributed by atoms with van der Waals surface area (Å²) in [5.74, 6) is 1.81. The molecule has 0 bridgehead atoms. The van der Waals surface area contributed by atoms with Gasteiger partial charge in [-0.15, -0.1) is 0 Å². The highest BCUT2D eigenvalue weighted by Crippen LogP contribution is 2.28. The van der Waals surface area contributed by atoms with Gasteiger partial charge in [-0.1, -0.05) is 13.8 Å². The van der Waals surface area contributed by atoms with Crippen LogP contribution < -0.4 is 20.1 Å². The molecule has 1 aliphatic rings. The molecular weight excluding hydrogens is 292 g/mol. The van der Waals surface area contributed by atoms with E-state index in [1.807, 2.05) is 6.07 Å². The first kappa shape index (κ1) is 17.6. The smallest absolute Gasteiger partial charge is 0.251 e. The van der Waals surface area contributed by atoms with Gasteiger partial charge in [0, 0.05) is 18.2 Å². The van der Waals surface area contributed by atoms with Crippen LogP contribution in [-0.2, 0) is 0 Å². The van der Waals surface area contributed by atoms with Crippen LogP contribution in [0.4, 0.5) is 0 Å². The third kappa shape index (κ3) is 5.43. The van der Waals surface area contributed by atoms with E-state index < -0.39 is 0 Å². The monoisotopic (exact) mass is 320 g/mol. The average Bonchev–Trinajstić information content (AvgIpc) is 2.55. The fraction of sp³-hybridized carbons (Fsp3) is 0.611. The van der Waals surface area contributed by atoms with Crippen LogP contribution in [0, 0.1) is 5.92 Å². The number of carbonyl (C=O) groups excluding carboxylic acids is 1. The van der Waals surface area contributed by atoms with Gasteiger partial charge in [0.05, 0.1) is 13.7 Å². The highest BCUT2D eigenvalue weighted by molar-refractivity contribution is 5.95. The largest absolute Gasteiger partial charge is 0.493 e. The molecule has 128 valence electrons. The number of carbonyl (C=O) groups is 1. The van der Waals surface area contributed by atoms with Gasteiger partial charge >= 0.3 is 0 Å². The van der Waals surface area contributed by atoms with Crippen molar-refractivity contribution in [1.82, 2.24) is 10.6 Å². The quantitative estimate of drug-likeness (QED) is 0.811. The molecule has 1 saturated heterocycles. The molecule has 1 atom stereocenters. The molecule has 1 aliphatic heterocycles. The Bertz CT molecular complexity index is 511. The Labute approximate surface area is 138 Å². The van der Waals surface area contributed by atoms with E-state index in [1.165, 1.54) is 0 Å². The molecule has 1 aromatic carbocycles. The minimum Gasteiger partial charge on any atom is -0.493 e. The first-order chi connectivity index (χ1) is 11.1. The van der Waals surface area contributed by atoms with Gasteiger partial charge < -0.3 is 20.1 Å². The second kappa shape index (κ2) is 8.77. The van der Waals surface area contributed by atoms with Crippen molar-refractivity contribution in [1.29, 1.82) is 0 Å². The minimum atomic E-state index is -0.0641.